The Morgan fingerprint density at radius 2 is 1.58 bits per heavy atom. The molecule has 0 radical (unpaired) electrons. The van der Waals surface area contributed by atoms with Crippen molar-refractivity contribution in [3.05, 3.63) is 119 Å². The molecule has 248 valence electrons. The number of nitrogens with zero attached hydrogens (tertiary/aromatic N) is 1. The Kier molecular flexibility index (Phi) is 24.2. The van der Waals surface area contributed by atoms with Gasteiger partial charge >= 0.3 is 0 Å². The van der Waals surface area contributed by atoms with Gasteiger partial charge in [0.15, 0.2) is 0 Å². The van der Waals surface area contributed by atoms with E-state index in [2.05, 4.69) is 62.4 Å². The van der Waals surface area contributed by atoms with Crippen LogP contribution in [0, 0.1) is 13.8 Å². The summed E-state index contributed by atoms with van der Waals surface area (Å²) in [6.45, 7) is 23.9. The molecule has 0 saturated heterocycles. The van der Waals surface area contributed by atoms with Crippen LogP contribution in [0.3, 0.4) is 0 Å². The Balaban J connectivity index is 0. The van der Waals surface area contributed by atoms with E-state index < -0.39 is 5.67 Å². The van der Waals surface area contributed by atoms with Gasteiger partial charge in [-0.2, -0.15) is 0 Å². The molecular weight excluding hydrogens is 563 g/mol. The van der Waals surface area contributed by atoms with Gasteiger partial charge in [-0.1, -0.05) is 81.5 Å². The predicted molar refractivity (Wildman–Crippen MR) is 193 cm³/mol. The minimum Gasteiger partial charge on any atom is -0.508 e. The van der Waals surface area contributed by atoms with Crippen LogP contribution in [0.2, 0.25) is 0 Å². The summed E-state index contributed by atoms with van der Waals surface area (Å²) in [6.07, 6.45) is 18.0. The van der Waals surface area contributed by atoms with Crippen molar-refractivity contribution in [3.63, 3.8) is 0 Å². The summed E-state index contributed by atoms with van der Waals surface area (Å²) in [7, 11) is 1.00. The molecule has 0 aliphatic rings. The standard InChI is InChI=1S/C26H34FN.C9H11NO2.C3H8.CH4O/c1-9-21(15-16-23(11-3)26(7,8)27)13-14-22(10-2)18-24-19(5)17-20(6)28-25(24)12-4;11-7-10-6-5-8-1-3-9(12)4-2-8;1-3-2;1-2/h9-12,15-18H,2,4,13-14H2,1,3,5-8H3;1-4,7,12H,5-6H2,(H,10,11);3H2,1-2H3;2H,1H3/b16-15-,21-9-,22-18+,23-11+;;;. The Hall–Kier alpha value is -4.03. The van der Waals surface area contributed by atoms with E-state index in [0.29, 0.717) is 18.5 Å². The second-order valence-electron chi connectivity index (χ2n) is 10.6. The van der Waals surface area contributed by atoms with Crippen molar-refractivity contribution in [1.82, 2.24) is 10.3 Å². The minimum absolute atomic E-state index is 0.266. The van der Waals surface area contributed by atoms with Gasteiger partial charge in [0.2, 0.25) is 6.41 Å². The second-order valence-corrected chi connectivity index (χ2v) is 10.6. The van der Waals surface area contributed by atoms with Gasteiger partial charge in [-0.3, -0.25) is 9.78 Å². The number of hydrogen-bond acceptors (Lipinski definition) is 4. The van der Waals surface area contributed by atoms with E-state index in [0.717, 1.165) is 54.5 Å². The third kappa shape index (κ3) is 19.1. The highest BCUT2D eigenvalue weighted by molar-refractivity contribution is 5.67. The zero-order chi connectivity index (χ0) is 34.8. The van der Waals surface area contributed by atoms with Crippen LogP contribution in [0.4, 0.5) is 4.39 Å². The summed E-state index contributed by atoms with van der Waals surface area (Å²) >= 11 is 0. The number of hydrogen-bond donors (Lipinski definition) is 3. The smallest absolute Gasteiger partial charge is 0.207 e. The normalized spacial score (nSPS) is 11.7. The number of aliphatic hydroxyl groups excluding tert-OH is 1. The second kappa shape index (κ2) is 25.3. The van der Waals surface area contributed by atoms with Crippen LogP contribution in [0.15, 0.2) is 90.6 Å². The molecule has 6 heteroatoms. The van der Waals surface area contributed by atoms with Gasteiger partial charge in [0.25, 0.3) is 0 Å². The number of allylic oxidation sites excluding steroid dienone is 8. The maximum Gasteiger partial charge on any atom is 0.207 e. The lowest BCUT2D eigenvalue weighted by molar-refractivity contribution is -0.109. The molecule has 1 aromatic carbocycles. The minimum atomic E-state index is -1.34. The number of phenolic OH excluding ortho intramolecular Hbond substituents is 1. The molecule has 3 N–H and O–H groups in total. The molecule has 2 rings (SSSR count). The average Bonchev–Trinajstić information content (AvgIpc) is 3.01. The van der Waals surface area contributed by atoms with Crippen molar-refractivity contribution in [3.8, 4) is 5.75 Å². The number of aryl methyl sites for hydroxylation is 2. The Morgan fingerprint density at radius 3 is 2.04 bits per heavy atom. The maximum atomic E-state index is 14.2. The van der Waals surface area contributed by atoms with Crippen molar-refractivity contribution < 1.29 is 19.4 Å². The summed E-state index contributed by atoms with van der Waals surface area (Å²) in [6, 6.07) is 9.02. The first-order valence-electron chi connectivity index (χ1n) is 15.4. The first kappa shape index (κ1) is 43.1. The van der Waals surface area contributed by atoms with Crippen LogP contribution in [-0.4, -0.2) is 40.9 Å². The van der Waals surface area contributed by atoms with E-state index in [1.165, 1.54) is 17.6 Å². The van der Waals surface area contributed by atoms with Gasteiger partial charge in [-0.15, -0.1) is 0 Å². The summed E-state index contributed by atoms with van der Waals surface area (Å²) in [5, 5.41) is 18.5. The van der Waals surface area contributed by atoms with E-state index in [-0.39, 0.29) is 5.75 Å². The number of rotatable bonds is 13. The summed E-state index contributed by atoms with van der Waals surface area (Å²) < 4.78 is 14.2. The molecule has 0 saturated carbocycles. The number of carbonyl (C=O) groups is 1. The van der Waals surface area contributed by atoms with Crippen molar-refractivity contribution >= 4 is 18.6 Å². The fourth-order valence-electron chi connectivity index (χ4n) is 4.02. The molecule has 0 bridgehead atoms. The molecule has 0 spiro atoms. The first-order chi connectivity index (χ1) is 21.4. The molecule has 2 aromatic rings. The zero-order valence-electron chi connectivity index (χ0n) is 29.1. The molecule has 0 aliphatic carbocycles. The quantitative estimate of drug-likeness (QED) is 0.118. The largest absolute Gasteiger partial charge is 0.508 e. The van der Waals surface area contributed by atoms with Gasteiger partial charge < -0.3 is 15.5 Å². The van der Waals surface area contributed by atoms with E-state index in [1.807, 2.05) is 57.2 Å². The van der Waals surface area contributed by atoms with Gasteiger partial charge in [-0.25, -0.2) is 4.39 Å². The van der Waals surface area contributed by atoms with E-state index in [9.17, 15) is 9.18 Å². The molecule has 1 heterocycles. The Bertz CT molecular complexity index is 1260. The number of nitrogens with one attached hydrogen (secondary N) is 1. The summed E-state index contributed by atoms with van der Waals surface area (Å²) in [5.74, 6) is 0.266. The number of pyridine rings is 1. The lowest BCUT2D eigenvalue weighted by atomic mass is 9.96. The number of alkyl halides is 1. The summed E-state index contributed by atoms with van der Waals surface area (Å²) in [4.78, 5) is 14.5. The van der Waals surface area contributed by atoms with Gasteiger partial charge in [0.1, 0.15) is 11.4 Å². The molecule has 1 amide bonds. The van der Waals surface area contributed by atoms with E-state index in [1.54, 1.807) is 32.1 Å². The number of aromatic nitrogens is 1. The highest BCUT2D eigenvalue weighted by Gasteiger charge is 2.18. The number of benzene rings is 1. The lowest BCUT2D eigenvalue weighted by Gasteiger charge is -2.15. The van der Waals surface area contributed by atoms with E-state index >= 15 is 0 Å². The van der Waals surface area contributed by atoms with Gasteiger partial charge in [0, 0.05) is 24.9 Å². The molecule has 45 heavy (non-hydrogen) atoms. The van der Waals surface area contributed by atoms with Crippen LogP contribution in [0.1, 0.15) is 88.9 Å². The lowest BCUT2D eigenvalue weighted by Crippen LogP contribution is -2.14. The number of halogens is 1. The predicted octanol–water partition coefficient (Wildman–Crippen LogP) is 9.59. The zero-order valence-corrected chi connectivity index (χ0v) is 29.1. The van der Waals surface area contributed by atoms with Gasteiger partial charge in [-0.05, 0) is 113 Å². The van der Waals surface area contributed by atoms with Crippen LogP contribution < -0.4 is 5.32 Å². The Labute approximate surface area is 272 Å². The number of aromatic hydroxyl groups is 1. The highest BCUT2D eigenvalue weighted by atomic mass is 19.1. The fraction of sp³-hybridized carbons (Fsp3) is 0.385. The van der Waals surface area contributed by atoms with Crippen LogP contribution >= 0.6 is 0 Å². The third-order valence-corrected chi connectivity index (χ3v) is 6.33. The van der Waals surface area contributed by atoms with Crippen molar-refractivity contribution in [2.24, 2.45) is 0 Å². The van der Waals surface area contributed by atoms with E-state index in [4.69, 9.17) is 10.2 Å². The van der Waals surface area contributed by atoms with Crippen LogP contribution in [-0.2, 0) is 11.2 Å². The van der Waals surface area contributed by atoms with Crippen molar-refractivity contribution in [2.45, 2.75) is 86.7 Å². The summed E-state index contributed by atoms with van der Waals surface area (Å²) in [5.41, 5.74) is 6.89. The topological polar surface area (TPSA) is 82.5 Å². The fourth-order valence-corrected chi connectivity index (χ4v) is 4.02. The molecule has 0 aliphatic heterocycles. The monoisotopic (exact) mass is 620 g/mol. The number of amides is 1. The van der Waals surface area contributed by atoms with Crippen molar-refractivity contribution in [1.29, 1.82) is 0 Å². The van der Waals surface area contributed by atoms with Gasteiger partial charge in [0.05, 0.1) is 5.69 Å². The molecule has 5 nitrogen and oxygen atoms in total. The molecular formula is C39H57FN2O3. The van der Waals surface area contributed by atoms with Crippen molar-refractivity contribution in [2.75, 3.05) is 13.7 Å². The first-order valence-corrected chi connectivity index (χ1v) is 15.4. The number of carbonyl (C=O) groups excluding carboxylic acids is 1. The molecule has 1 aromatic heterocycles. The number of aliphatic hydroxyl groups is 1. The SMILES string of the molecule is C=C/C(=C\c1c(C)cc(C)nc1C=C)CCC(/C=C\C(=C/C)C(C)(C)F)=C/C.CCC.CO.O=CNCCc1ccc(O)cc1. The maximum absolute atomic E-state index is 14.2. The number of phenols is 1. The Morgan fingerprint density at radius 1 is 1.00 bits per heavy atom. The third-order valence-electron chi connectivity index (χ3n) is 6.33. The molecule has 0 atom stereocenters. The molecule has 0 unspecified atom stereocenters. The highest BCUT2D eigenvalue weighted by Crippen LogP contribution is 2.25. The molecule has 0 fully saturated rings. The van der Waals surface area contributed by atoms with Crippen LogP contribution in [0.5, 0.6) is 5.75 Å². The average molecular weight is 621 g/mol. The van der Waals surface area contributed by atoms with Crippen LogP contribution in [0.25, 0.3) is 12.2 Å².